The van der Waals surface area contributed by atoms with Crippen molar-refractivity contribution in [3.8, 4) is 0 Å². The van der Waals surface area contributed by atoms with Crippen LogP contribution in [-0.4, -0.2) is 11.8 Å². The molecule has 0 unspecified atom stereocenters. The van der Waals surface area contributed by atoms with Crippen molar-refractivity contribution in [1.82, 2.24) is 0 Å². The highest BCUT2D eigenvalue weighted by molar-refractivity contribution is 5.97. The molecule has 0 aromatic heterocycles. The molecule has 1 aliphatic rings. The molecular weight excluding hydrogens is 360 g/mol. The number of amides is 2. The summed E-state index contributed by atoms with van der Waals surface area (Å²) in [5, 5.41) is 2.91. The Hall–Kier alpha value is -3.40. The standard InChI is InChI=1S/C25H24N2O2/c28-24(26-22-11-5-2-6-12-22)17-20-10-7-13-23(16-20)27(25(29)21-14-15-21)18-19-8-3-1-4-9-19/h1-13,16,21H,14-15,17-18H2,(H,26,28). The summed E-state index contributed by atoms with van der Waals surface area (Å²) >= 11 is 0. The van der Waals surface area contributed by atoms with Crippen LogP contribution in [-0.2, 0) is 22.6 Å². The molecule has 3 aromatic carbocycles. The van der Waals surface area contributed by atoms with Gasteiger partial charge >= 0.3 is 0 Å². The predicted octanol–water partition coefficient (Wildman–Crippen LogP) is 4.81. The first-order chi connectivity index (χ1) is 14.2. The summed E-state index contributed by atoms with van der Waals surface area (Å²) in [6.45, 7) is 0.538. The fourth-order valence-corrected chi connectivity index (χ4v) is 3.36. The Bertz CT molecular complexity index is 982. The molecule has 1 aliphatic carbocycles. The van der Waals surface area contributed by atoms with Crippen LogP contribution in [0.4, 0.5) is 11.4 Å². The van der Waals surface area contributed by atoms with Gasteiger partial charge in [-0.25, -0.2) is 0 Å². The SMILES string of the molecule is O=C(Cc1cccc(N(Cc2ccccc2)C(=O)C2CC2)c1)Nc1ccccc1. The lowest BCUT2D eigenvalue weighted by molar-refractivity contribution is -0.120. The van der Waals surface area contributed by atoms with Crippen LogP contribution >= 0.6 is 0 Å². The van der Waals surface area contributed by atoms with Crippen molar-refractivity contribution in [2.24, 2.45) is 5.92 Å². The molecule has 0 bridgehead atoms. The third-order valence-corrected chi connectivity index (χ3v) is 5.02. The van der Waals surface area contributed by atoms with Crippen LogP contribution in [0.5, 0.6) is 0 Å². The third-order valence-electron chi connectivity index (χ3n) is 5.02. The second kappa shape index (κ2) is 8.74. The van der Waals surface area contributed by atoms with Crippen LogP contribution in [0.15, 0.2) is 84.9 Å². The number of hydrogen-bond acceptors (Lipinski definition) is 2. The molecule has 0 aliphatic heterocycles. The van der Waals surface area contributed by atoms with Crippen molar-refractivity contribution in [2.75, 3.05) is 10.2 Å². The number of nitrogens with zero attached hydrogens (tertiary/aromatic N) is 1. The molecule has 1 saturated carbocycles. The lowest BCUT2D eigenvalue weighted by Crippen LogP contribution is -2.31. The Kier molecular flexibility index (Phi) is 5.71. The van der Waals surface area contributed by atoms with Crippen molar-refractivity contribution in [3.63, 3.8) is 0 Å². The van der Waals surface area contributed by atoms with Gasteiger partial charge in [-0.15, -0.1) is 0 Å². The Balaban J connectivity index is 1.51. The second-order valence-corrected chi connectivity index (χ2v) is 7.45. The monoisotopic (exact) mass is 384 g/mol. The number of anilines is 2. The Morgan fingerprint density at radius 1 is 0.828 bits per heavy atom. The number of nitrogens with one attached hydrogen (secondary N) is 1. The van der Waals surface area contributed by atoms with Crippen molar-refractivity contribution in [2.45, 2.75) is 25.8 Å². The van der Waals surface area contributed by atoms with E-state index in [2.05, 4.69) is 5.32 Å². The highest BCUT2D eigenvalue weighted by atomic mass is 16.2. The molecule has 4 nitrogen and oxygen atoms in total. The zero-order valence-corrected chi connectivity index (χ0v) is 16.3. The van der Waals surface area contributed by atoms with E-state index in [9.17, 15) is 9.59 Å². The van der Waals surface area contributed by atoms with Gasteiger partial charge in [0.2, 0.25) is 11.8 Å². The van der Waals surface area contributed by atoms with Gasteiger partial charge in [0.15, 0.2) is 0 Å². The second-order valence-electron chi connectivity index (χ2n) is 7.45. The van der Waals surface area contributed by atoms with Gasteiger partial charge in [0.25, 0.3) is 0 Å². The number of para-hydroxylation sites is 1. The molecule has 0 atom stereocenters. The van der Waals surface area contributed by atoms with Crippen LogP contribution in [0.2, 0.25) is 0 Å². The first-order valence-corrected chi connectivity index (χ1v) is 9.98. The van der Waals surface area contributed by atoms with E-state index in [1.54, 1.807) is 0 Å². The number of hydrogen-bond donors (Lipinski definition) is 1. The smallest absolute Gasteiger partial charge is 0.230 e. The molecule has 0 spiro atoms. The largest absolute Gasteiger partial charge is 0.326 e. The molecular formula is C25H24N2O2. The van der Waals surface area contributed by atoms with Crippen LogP contribution in [0.3, 0.4) is 0 Å². The number of rotatable bonds is 7. The van der Waals surface area contributed by atoms with Crippen molar-refractivity contribution < 1.29 is 9.59 Å². The molecule has 0 radical (unpaired) electrons. The fourth-order valence-electron chi connectivity index (χ4n) is 3.36. The lowest BCUT2D eigenvalue weighted by Gasteiger charge is -2.24. The van der Waals surface area contributed by atoms with Gasteiger partial charge in [-0.2, -0.15) is 0 Å². The molecule has 146 valence electrons. The van der Waals surface area contributed by atoms with Gasteiger partial charge < -0.3 is 10.2 Å². The molecule has 3 aromatic rings. The number of benzene rings is 3. The van der Waals surface area contributed by atoms with E-state index in [4.69, 9.17) is 0 Å². The molecule has 0 saturated heterocycles. The predicted molar refractivity (Wildman–Crippen MR) is 116 cm³/mol. The number of carbonyl (C=O) groups excluding carboxylic acids is 2. The molecule has 4 rings (SSSR count). The van der Waals surface area contributed by atoms with Gasteiger partial charge in [-0.1, -0.05) is 60.7 Å². The lowest BCUT2D eigenvalue weighted by atomic mass is 10.1. The average molecular weight is 384 g/mol. The zero-order chi connectivity index (χ0) is 20.1. The van der Waals surface area contributed by atoms with E-state index >= 15 is 0 Å². The van der Waals surface area contributed by atoms with E-state index in [-0.39, 0.29) is 24.2 Å². The van der Waals surface area contributed by atoms with Gasteiger partial charge in [-0.05, 0) is 48.2 Å². The van der Waals surface area contributed by atoms with E-state index in [1.807, 2.05) is 89.8 Å². The fraction of sp³-hybridized carbons (Fsp3) is 0.200. The van der Waals surface area contributed by atoms with Gasteiger partial charge in [0, 0.05) is 17.3 Å². The van der Waals surface area contributed by atoms with Crippen molar-refractivity contribution >= 4 is 23.2 Å². The van der Waals surface area contributed by atoms with Crippen molar-refractivity contribution in [1.29, 1.82) is 0 Å². The molecule has 1 fully saturated rings. The summed E-state index contributed by atoms with van der Waals surface area (Å²) in [4.78, 5) is 27.2. The van der Waals surface area contributed by atoms with Crippen LogP contribution in [0, 0.1) is 5.92 Å². The van der Waals surface area contributed by atoms with Crippen molar-refractivity contribution in [3.05, 3.63) is 96.1 Å². The Morgan fingerprint density at radius 2 is 1.48 bits per heavy atom. The third kappa shape index (κ3) is 5.11. The Labute approximate surface area is 171 Å². The van der Waals surface area contributed by atoms with Crippen LogP contribution in [0.25, 0.3) is 0 Å². The molecule has 0 heterocycles. The van der Waals surface area contributed by atoms with Gasteiger partial charge in [-0.3, -0.25) is 9.59 Å². The zero-order valence-electron chi connectivity index (χ0n) is 16.3. The number of carbonyl (C=O) groups is 2. The molecule has 29 heavy (non-hydrogen) atoms. The summed E-state index contributed by atoms with van der Waals surface area (Å²) in [6.07, 6.45) is 2.19. The van der Waals surface area contributed by atoms with E-state index in [0.717, 1.165) is 35.3 Å². The maximum absolute atomic E-state index is 12.9. The maximum Gasteiger partial charge on any atom is 0.230 e. The summed E-state index contributed by atoms with van der Waals surface area (Å²) in [5.41, 5.74) is 3.60. The normalized spacial score (nSPS) is 13.0. The topological polar surface area (TPSA) is 49.4 Å². The minimum atomic E-state index is -0.0727. The van der Waals surface area contributed by atoms with Crippen LogP contribution < -0.4 is 10.2 Å². The molecule has 2 amide bonds. The summed E-state index contributed by atoms with van der Waals surface area (Å²) in [6, 6.07) is 27.2. The summed E-state index contributed by atoms with van der Waals surface area (Å²) in [7, 11) is 0. The van der Waals surface area contributed by atoms with E-state index in [1.165, 1.54) is 0 Å². The van der Waals surface area contributed by atoms with Gasteiger partial charge in [0.1, 0.15) is 0 Å². The average Bonchev–Trinajstić information content (AvgIpc) is 3.59. The summed E-state index contributed by atoms with van der Waals surface area (Å²) < 4.78 is 0. The maximum atomic E-state index is 12.9. The van der Waals surface area contributed by atoms with Crippen LogP contribution in [0.1, 0.15) is 24.0 Å². The van der Waals surface area contributed by atoms with E-state index < -0.39 is 0 Å². The van der Waals surface area contributed by atoms with Gasteiger partial charge in [0.05, 0.1) is 13.0 Å². The Morgan fingerprint density at radius 3 is 2.17 bits per heavy atom. The molecule has 1 N–H and O–H groups in total. The highest BCUT2D eigenvalue weighted by Crippen LogP contribution is 2.33. The van der Waals surface area contributed by atoms with E-state index in [0.29, 0.717) is 6.54 Å². The first kappa shape index (κ1) is 18.9. The minimum Gasteiger partial charge on any atom is -0.326 e. The highest BCUT2D eigenvalue weighted by Gasteiger charge is 2.34. The molecule has 4 heteroatoms. The quantitative estimate of drug-likeness (QED) is 0.635. The minimum absolute atomic E-state index is 0.0727. The first-order valence-electron chi connectivity index (χ1n) is 9.98. The summed E-state index contributed by atoms with van der Waals surface area (Å²) in [5.74, 6) is 0.222.